The number of fused-ring (bicyclic) bond motifs is 1. The van der Waals surface area contributed by atoms with Crippen molar-refractivity contribution in [2.75, 3.05) is 18.4 Å². The third-order valence-electron chi connectivity index (χ3n) is 6.49. The predicted octanol–water partition coefficient (Wildman–Crippen LogP) is 4.53. The number of hydrogen-bond acceptors (Lipinski definition) is 6. The van der Waals surface area contributed by atoms with E-state index in [1.807, 2.05) is 37.6 Å². The molecule has 4 aromatic rings. The number of nitrogens with zero attached hydrogens (tertiary/aromatic N) is 5. The molecule has 5 rings (SSSR count). The van der Waals surface area contributed by atoms with Crippen molar-refractivity contribution in [1.29, 1.82) is 0 Å². The fraction of sp³-hybridized carbons (Fsp3) is 0.333. The van der Waals surface area contributed by atoms with Crippen LogP contribution in [-0.2, 0) is 7.05 Å². The number of carbonyl (C=O) groups excluding carboxylic acids is 1. The molecule has 8 nitrogen and oxygen atoms in total. The number of aromatic nitrogens is 4. The Balaban J connectivity index is 1.27. The number of anilines is 1. The number of likely N-dealkylation sites (tertiary alicyclic amines) is 1. The number of nitrogens with one attached hydrogen (secondary N) is 1. The van der Waals surface area contributed by atoms with Gasteiger partial charge in [-0.05, 0) is 55.8 Å². The number of hydrogen-bond donors (Lipinski definition) is 1. The molecular formula is C27H30N6O2. The average molecular weight is 471 g/mol. The topological polar surface area (TPSA) is 85.2 Å². The minimum Gasteiger partial charge on any atom is -0.474 e. The lowest BCUT2D eigenvalue weighted by atomic mass is 10.1. The number of aryl methyl sites for hydroxylation is 1. The van der Waals surface area contributed by atoms with Gasteiger partial charge in [-0.1, -0.05) is 12.1 Å². The van der Waals surface area contributed by atoms with Gasteiger partial charge in [-0.3, -0.25) is 9.48 Å². The maximum atomic E-state index is 13.0. The van der Waals surface area contributed by atoms with Gasteiger partial charge in [0.25, 0.3) is 5.91 Å². The van der Waals surface area contributed by atoms with Crippen LogP contribution in [0.5, 0.6) is 5.88 Å². The Morgan fingerprint density at radius 3 is 2.60 bits per heavy atom. The minimum absolute atomic E-state index is 0.118. The van der Waals surface area contributed by atoms with Crippen molar-refractivity contribution in [3.8, 4) is 17.0 Å². The van der Waals surface area contributed by atoms with Gasteiger partial charge >= 0.3 is 0 Å². The smallest absolute Gasteiger partial charge is 0.257 e. The molecule has 0 unspecified atom stereocenters. The summed E-state index contributed by atoms with van der Waals surface area (Å²) < 4.78 is 7.88. The lowest BCUT2D eigenvalue weighted by Crippen LogP contribution is -2.41. The Labute approximate surface area is 205 Å². The van der Waals surface area contributed by atoms with Crippen LogP contribution in [0.1, 0.15) is 37.0 Å². The monoisotopic (exact) mass is 470 g/mol. The molecule has 0 radical (unpaired) electrons. The second-order valence-electron chi connectivity index (χ2n) is 9.32. The predicted molar refractivity (Wildman–Crippen MR) is 136 cm³/mol. The molecular weight excluding hydrogens is 440 g/mol. The fourth-order valence-corrected chi connectivity index (χ4v) is 4.44. The molecule has 180 valence electrons. The molecule has 1 aromatic carbocycles. The van der Waals surface area contributed by atoms with Crippen LogP contribution in [0.15, 0.2) is 61.2 Å². The fourth-order valence-electron chi connectivity index (χ4n) is 4.44. The molecule has 0 saturated carbocycles. The zero-order chi connectivity index (χ0) is 24.4. The molecule has 3 aromatic heterocycles. The summed E-state index contributed by atoms with van der Waals surface area (Å²) in [5.41, 5.74) is 2.58. The first-order valence-corrected chi connectivity index (χ1v) is 12.0. The van der Waals surface area contributed by atoms with Gasteiger partial charge in [0.05, 0.1) is 6.20 Å². The van der Waals surface area contributed by atoms with Gasteiger partial charge in [-0.2, -0.15) is 5.10 Å². The van der Waals surface area contributed by atoms with Gasteiger partial charge in [-0.15, -0.1) is 0 Å². The Kier molecular flexibility index (Phi) is 6.46. The summed E-state index contributed by atoms with van der Waals surface area (Å²) in [4.78, 5) is 24.1. The lowest BCUT2D eigenvalue weighted by molar-refractivity contribution is 0.0810. The maximum absolute atomic E-state index is 13.0. The van der Waals surface area contributed by atoms with Crippen molar-refractivity contribution in [1.82, 2.24) is 24.6 Å². The second kappa shape index (κ2) is 9.84. The van der Waals surface area contributed by atoms with Gasteiger partial charge in [0, 0.05) is 67.3 Å². The van der Waals surface area contributed by atoms with E-state index in [1.165, 1.54) is 0 Å². The molecule has 1 aliphatic rings. The van der Waals surface area contributed by atoms with Crippen LogP contribution in [0, 0.1) is 0 Å². The first kappa shape index (κ1) is 23.0. The van der Waals surface area contributed by atoms with Crippen molar-refractivity contribution >= 4 is 22.5 Å². The SMILES string of the molecule is CC(C)N1CCC(Oc2cc(C(=O)Nc3cc4cc(-c5cnn(C)c5)ccc4cn3)ccn2)CC1. The van der Waals surface area contributed by atoms with E-state index in [0.717, 1.165) is 47.8 Å². The van der Waals surface area contributed by atoms with Crippen molar-refractivity contribution in [2.45, 2.75) is 38.8 Å². The van der Waals surface area contributed by atoms with E-state index in [0.29, 0.717) is 23.3 Å². The second-order valence-corrected chi connectivity index (χ2v) is 9.32. The van der Waals surface area contributed by atoms with Gasteiger partial charge in [-0.25, -0.2) is 9.97 Å². The zero-order valence-corrected chi connectivity index (χ0v) is 20.3. The highest BCUT2D eigenvalue weighted by atomic mass is 16.5. The Hall–Kier alpha value is -3.78. The van der Waals surface area contributed by atoms with E-state index in [2.05, 4.69) is 45.2 Å². The van der Waals surface area contributed by atoms with E-state index in [4.69, 9.17) is 4.74 Å². The molecule has 1 amide bonds. The van der Waals surface area contributed by atoms with Crippen LogP contribution in [0.3, 0.4) is 0 Å². The molecule has 1 fully saturated rings. The number of carbonyl (C=O) groups is 1. The molecule has 1 N–H and O–H groups in total. The van der Waals surface area contributed by atoms with Gasteiger partial charge in [0.15, 0.2) is 0 Å². The van der Waals surface area contributed by atoms with E-state index in [9.17, 15) is 4.79 Å². The summed E-state index contributed by atoms with van der Waals surface area (Å²) in [6.07, 6.45) is 9.22. The summed E-state index contributed by atoms with van der Waals surface area (Å²) >= 11 is 0. The Morgan fingerprint density at radius 2 is 1.86 bits per heavy atom. The molecule has 35 heavy (non-hydrogen) atoms. The summed E-state index contributed by atoms with van der Waals surface area (Å²) in [5.74, 6) is 0.724. The summed E-state index contributed by atoms with van der Waals surface area (Å²) in [6.45, 7) is 6.46. The highest BCUT2D eigenvalue weighted by Gasteiger charge is 2.22. The Morgan fingerprint density at radius 1 is 1.03 bits per heavy atom. The first-order chi connectivity index (χ1) is 16.9. The maximum Gasteiger partial charge on any atom is 0.257 e. The molecule has 0 aliphatic carbocycles. The molecule has 8 heteroatoms. The van der Waals surface area contributed by atoms with Crippen molar-refractivity contribution in [3.05, 3.63) is 66.7 Å². The highest BCUT2D eigenvalue weighted by molar-refractivity contribution is 6.04. The van der Waals surface area contributed by atoms with E-state index in [1.54, 1.807) is 29.2 Å². The largest absolute Gasteiger partial charge is 0.474 e. The van der Waals surface area contributed by atoms with E-state index in [-0.39, 0.29) is 12.0 Å². The van der Waals surface area contributed by atoms with Crippen LogP contribution in [0.4, 0.5) is 5.82 Å². The van der Waals surface area contributed by atoms with Gasteiger partial charge in [0.2, 0.25) is 5.88 Å². The average Bonchev–Trinajstić information content (AvgIpc) is 3.30. The number of pyridine rings is 2. The van der Waals surface area contributed by atoms with Crippen molar-refractivity contribution in [2.24, 2.45) is 7.05 Å². The van der Waals surface area contributed by atoms with Crippen LogP contribution >= 0.6 is 0 Å². The summed E-state index contributed by atoms with van der Waals surface area (Å²) in [5, 5.41) is 9.14. The number of piperidine rings is 1. The van der Waals surface area contributed by atoms with Crippen molar-refractivity contribution in [3.63, 3.8) is 0 Å². The minimum atomic E-state index is -0.248. The van der Waals surface area contributed by atoms with Crippen LogP contribution < -0.4 is 10.1 Å². The number of benzene rings is 1. The summed E-state index contributed by atoms with van der Waals surface area (Å²) in [7, 11) is 1.90. The molecule has 4 heterocycles. The molecule has 0 bridgehead atoms. The normalized spacial score (nSPS) is 15.0. The highest BCUT2D eigenvalue weighted by Crippen LogP contribution is 2.25. The molecule has 1 saturated heterocycles. The van der Waals surface area contributed by atoms with Crippen molar-refractivity contribution < 1.29 is 9.53 Å². The zero-order valence-electron chi connectivity index (χ0n) is 20.3. The summed E-state index contributed by atoms with van der Waals surface area (Å²) in [6, 6.07) is 12.0. The van der Waals surface area contributed by atoms with Crippen LogP contribution in [-0.4, -0.2) is 55.8 Å². The van der Waals surface area contributed by atoms with E-state index >= 15 is 0 Å². The molecule has 0 spiro atoms. The third-order valence-corrected chi connectivity index (χ3v) is 6.49. The Bertz CT molecular complexity index is 1340. The van der Waals surface area contributed by atoms with E-state index < -0.39 is 0 Å². The van der Waals surface area contributed by atoms with Crippen LogP contribution in [0.25, 0.3) is 21.9 Å². The molecule has 0 atom stereocenters. The lowest BCUT2D eigenvalue weighted by Gasteiger charge is -2.34. The number of rotatable bonds is 6. The van der Waals surface area contributed by atoms with Gasteiger partial charge in [0.1, 0.15) is 11.9 Å². The van der Waals surface area contributed by atoms with Crippen LogP contribution in [0.2, 0.25) is 0 Å². The first-order valence-electron chi connectivity index (χ1n) is 12.0. The molecule has 1 aliphatic heterocycles. The standard InChI is InChI=1S/C27H30N6O2/c1-18(2)33-10-7-24(8-11-33)35-26-14-20(6-9-28-26)27(34)31-25-13-22-12-19(4-5-21(22)15-29-25)23-16-30-32(3)17-23/h4-6,9,12-18,24H,7-8,10-11H2,1-3H3,(H,29,31,34). The van der Waals surface area contributed by atoms with Gasteiger partial charge < -0.3 is 15.0 Å². The quantitative estimate of drug-likeness (QED) is 0.446. The third kappa shape index (κ3) is 5.33. The number of amides is 1. The number of ether oxygens (including phenoxy) is 1.